The van der Waals surface area contributed by atoms with E-state index in [1.165, 1.54) is 11.0 Å². The molecule has 0 aromatic heterocycles. The lowest BCUT2D eigenvalue weighted by Crippen LogP contribution is -2.58. The minimum Gasteiger partial charge on any atom is -0.446 e. The molecule has 2 aliphatic rings. The van der Waals surface area contributed by atoms with E-state index in [4.69, 9.17) is 4.74 Å². The molecule has 1 saturated carbocycles. The van der Waals surface area contributed by atoms with E-state index in [-0.39, 0.29) is 24.5 Å². The maximum Gasteiger partial charge on any atom is 0.408 e. The van der Waals surface area contributed by atoms with E-state index in [1.54, 1.807) is 0 Å². The van der Waals surface area contributed by atoms with Crippen LogP contribution < -0.4 is 16.0 Å². The van der Waals surface area contributed by atoms with Gasteiger partial charge in [0, 0.05) is 13.1 Å². The third kappa shape index (κ3) is 10.5. The van der Waals surface area contributed by atoms with Crippen LogP contribution in [0.5, 0.6) is 0 Å². The van der Waals surface area contributed by atoms with Crippen LogP contribution in [0.2, 0.25) is 0 Å². The van der Waals surface area contributed by atoms with Crippen molar-refractivity contribution >= 4 is 29.6 Å². The molecule has 0 radical (unpaired) electrons. The van der Waals surface area contributed by atoms with Crippen LogP contribution in [0.15, 0.2) is 12.7 Å². The fraction of sp³-hybridized carbons (Fsp3) is 0.774. The number of Topliss-reactive ketones (excluding diaryl/α,β-unsaturated/α-hetero) is 1. The maximum atomic E-state index is 14.0. The van der Waals surface area contributed by atoms with Gasteiger partial charge in [-0.15, -0.1) is 6.58 Å². The second-order valence-corrected chi connectivity index (χ2v) is 11.6. The van der Waals surface area contributed by atoms with Gasteiger partial charge in [-0.2, -0.15) is 0 Å². The molecule has 0 aromatic carbocycles. The summed E-state index contributed by atoms with van der Waals surface area (Å²) in [6.07, 6.45) is 9.76. The van der Waals surface area contributed by atoms with E-state index in [9.17, 15) is 24.0 Å². The zero-order valence-electron chi connectivity index (χ0n) is 25.5. The van der Waals surface area contributed by atoms with Crippen LogP contribution in [0.4, 0.5) is 4.79 Å². The number of carbonyl (C=O) groups is 5. The summed E-state index contributed by atoms with van der Waals surface area (Å²) >= 11 is 0. The van der Waals surface area contributed by atoms with Crippen LogP contribution in [-0.4, -0.2) is 71.8 Å². The van der Waals surface area contributed by atoms with Gasteiger partial charge in [0.1, 0.15) is 18.2 Å². The lowest BCUT2D eigenvalue weighted by molar-refractivity contribution is -0.143. The molecule has 2 fully saturated rings. The van der Waals surface area contributed by atoms with Gasteiger partial charge in [0.05, 0.1) is 6.04 Å². The first kappa shape index (κ1) is 34.3. The average molecular weight is 577 g/mol. The molecule has 0 bridgehead atoms. The molecular formula is C31H52N4O6. The molecule has 3 N–H and O–H groups in total. The summed E-state index contributed by atoms with van der Waals surface area (Å²) in [5.74, 6) is -1.85. The Balaban J connectivity index is 2.16. The van der Waals surface area contributed by atoms with E-state index < -0.39 is 41.8 Å². The molecule has 232 valence electrons. The van der Waals surface area contributed by atoms with E-state index in [0.29, 0.717) is 44.6 Å². The first-order chi connectivity index (χ1) is 19.7. The summed E-state index contributed by atoms with van der Waals surface area (Å²) in [6.45, 7) is 12.1. The molecule has 4 amide bonds. The number of carbonyl (C=O) groups excluding carboxylic acids is 5. The van der Waals surface area contributed by atoms with Gasteiger partial charge in [-0.25, -0.2) is 4.79 Å². The fourth-order valence-corrected chi connectivity index (χ4v) is 5.79. The molecule has 2 rings (SSSR count). The minimum atomic E-state index is -0.978. The van der Waals surface area contributed by atoms with Crippen molar-refractivity contribution in [1.29, 1.82) is 0 Å². The Morgan fingerprint density at radius 3 is 2.29 bits per heavy atom. The van der Waals surface area contributed by atoms with E-state index in [1.807, 2.05) is 13.8 Å². The predicted molar refractivity (Wildman–Crippen MR) is 158 cm³/mol. The molecule has 1 saturated heterocycles. The molecule has 10 heteroatoms. The van der Waals surface area contributed by atoms with Crippen molar-refractivity contribution in [3.8, 4) is 0 Å². The summed E-state index contributed by atoms with van der Waals surface area (Å²) in [7, 11) is 0. The van der Waals surface area contributed by atoms with Gasteiger partial charge in [0.25, 0.3) is 5.91 Å². The van der Waals surface area contributed by atoms with Crippen molar-refractivity contribution in [2.24, 2.45) is 11.8 Å². The van der Waals surface area contributed by atoms with Crippen molar-refractivity contribution in [1.82, 2.24) is 20.9 Å². The van der Waals surface area contributed by atoms with Gasteiger partial charge < -0.3 is 25.6 Å². The van der Waals surface area contributed by atoms with Crippen LogP contribution in [-0.2, 0) is 23.9 Å². The number of likely N-dealkylation sites (tertiary alicyclic amines) is 1. The third-order valence-corrected chi connectivity index (χ3v) is 8.43. The Kier molecular flexibility index (Phi) is 14.9. The largest absolute Gasteiger partial charge is 0.446 e. The molecule has 1 heterocycles. The number of ether oxygens (including phenoxy) is 1. The van der Waals surface area contributed by atoms with Gasteiger partial charge in [0.2, 0.25) is 17.6 Å². The Hall–Kier alpha value is -2.91. The number of hydrogen-bond donors (Lipinski definition) is 3. The summed E-state index contributed by atoms with van der Waals surface area (Å²) < 4.78 is 5.76. The quantitative estimate of drug-likeness (QED) is 0.188. The van der Waals surface area contributed by atoms with Crippen molar-refractivity contribution in [3.63, 3.8) is 0 Å². The molecule has 1 aliphatic carbocycles. The van der Waals surface area contributed by atoms with Crippen molar-refractivity contribution < 1.29 is 28.7 Å². The second-order valence-electron chi connectivity index (χ2n) is 11.6. The van der Waals surface area contributed by atoms with E-state index >= 15 is 0 Å². The molecule has 1 aliphatic heterocycles. The molecule has 10 nitrogen and oxygen atoms in total. The minimum absolute atomic E-state index is 0.0364. The van der Waals surface area contributed by atoms with E-state index in [2.05, 4.69) is 36.4 Å². The van der Waals surface area contributed by atoms with Gasteiger partial charge in [-0.05, 0) is 56.8 Å². The lowest BCUT2D eigenvalue weighted by atomic mass is 9.83. The van der Waals surface area contributed by atoms with Crippen molar-refractivity contribution in [3.05, 3.63) is 12.7 Å². The number of amides is 4. The average Bonchev–Trinajstić information content (AvgIpc) is 3.48. The zero-order valence-corrected chi connectivity index (χ0v) is 25.5. The number of nitrogens with one attached hydrogen (secondary N) is 3. The SMILES string of the molecule is C=CCNC(=O)C(=O)C(CCC)NC(=O)C1CCCN1C(=O)C(NC(=O)OC(CC)CC(C)CC)C1CCCCC1. The summed E-state index contributed by atoms with van der Waals surface area (Å²) in [5, 5.41) is 8.10. The number of ketones is 1. The molecule has 5 atom stereocenters. The molecular weight excluding hydrogens is 524 g/mol. The zero-order chi connectivity index (χ0) is 30.4. The lowest BCUT2D eigenvalue weighted by Gasteiger charge is -2.35. The molecule has 0 aromatic rings. The Bertz CT molecular complexity index is 903. The highest BCUT2D eigenvalue weighted by molar-refractivity contribution is 6.38. The highest BCUT2D eigenvalue weighted by atomic mass is 16.6. The number of hydrogen-bond acceptors (Lipinski definition) is 6. The highest BCUT2D eigenvalue weighted by Crippen LogP contribution is 2.29. The van der Waals surface area contributed by atoms with Gasteiger partial charge in [0.15, 0.2) is 0 Å². The Labute approximate surface area is 245 Å². The fourth-order valence-electron chi connectivity index (χ4n) is 5.79. The second kappa shape index (κ2) is 17.8. The first-order valence-electron chi connectivity index (χ1n) is 15.7. The number of rotatable bonds is 16. The topological polar surface area (TPSA) is 134 Å². The summed E-state index contributed by atoms with van der Waals surface area (Å²) in [5.41, 5.74) is 0. The van der Waals surface area contributed by atoms with Crippen LogP contribution in [0.25, 0.3) is 0 Å². The summed E-state index contributed by atoms with van der Waals surface area (Å²) in [6, 6.07) is -2.53. The number of nitrogens with zero attached hydrogens (tertiary/aromatic N) is 1. The molecule has 0 spiro atoms. The van der Waals surface area contributed by atoms with Crippen molar-refractivity contribution in [2.45, 2.75) is 129 Å². The van der Waals surface area contributed by atoms with Gasteiger partial charge >= 0.3 is 6.09 Å². The van der Waals surface area contributed by atoms with Crippen LogP contribution >= 0.6 is 0 Å². The third-order valence-electron chi connectivity index (χ3n) is 8.43. The normalized spacial score (nSPS) is 20.3. The van der Waals surface area contributed by atoms with Gasteiger partial charge in [-0.3, -0.25) is 19.2 Å². The Morgan fingerprint density at radius 1 is 0.976 bits per heavy atom. The van der Waals surface area contributed by atoms with Crippen LogP contribution in [0.1, 0.15) is 105 Å². The predicted octanol–water partition coefficient (Wildman–Crippen LogP) is 4.02. The van der Waals surface area contributed by atoms with Crippen LogP contribution in [0, 0.1) is 11.8 Å². The van der Waals surface area contributed by atoms with Crippen molar-refractivity contribution in [2.75, 3.05) is 13.1 Å². The Morgan fingerprint density at radius 2 is 1.68 bits per heavy atom. The maximum absolute atomic E-state index is 14.0. The molecule has 5 unspecified atom stereocenters. The monoisotopic (exact) mass is 576 g/mol. The molecule has 41 heavy (non-hydrogen) atoms. The van der Waals surface area contributed by atoms with Crippen LogP contribution in [0.3, 0.4) is 0 Å². The van der Waals surface area contributed by atoms with E-state index in [0.717, 1.165) is 44.9 Å². The highest BCUT2D eigenvalue weighted by Gasteiger charge is 2.42. The summed E-state index contributed by atoms with van der Waals surface area (Å²) in [4.78, 5) is 67.0. The first-order valence-corrected chi connectivity index (χ1v) is 15.7. The standard InChI is InChI=1S/C31H52N4O6/c1-6-14-24(27(36)29(38)32-18-7-2)33-28(37)25-17-13-19-35(25)30(39)26(22-15-11-10-12-16-22)34-31(40)41-23(9-4)20-21(5)8-3/h7,21-26H,2,6,8-20H2,1,3-5H3,(H,32,38)(H,33,37)(H,34,40). The van der Waals surface area contributed by atoms with Gasteiger partial charge in [-0.1, -0.05) is 65.9 Å². The smallest absolute Gasteiger partial charge is 0.408 e. The number of alkyl carbamates (subject to hydrolysis) is 1.